The molecule has 134 valence electrons. The second kappa shape index (κ2) is 8.29. The minimum absolute atomic E-state index is 0.200. The maximum atomic E-state index is 12.2. The Balaban J connectivity index is 1.84. The van der Waals surface area contributed by atoms with Crippen molar-refractivity contribution >= 4 is 46.2 Å². The first-order chi connectivity index (χ1) is 12.6. The summed E-state index contributed by atoms with van der Waals surface area (Å²) < 4.78 is 10.8. The van der Waals surface area contributed by atoms with Crippen molar-refractivity contribution in [2.24, 2.45) is 4.99 Å². The van der Waals surface area contributed by atoms with Gasteiger partial charge in [0.15, 0.2) is 16.7 Å². The lowest BCUT2D eigenvalue weighted by atomic mass is 10.2. The molecule has 0 bridgehead atoms. The molecule has 1 N–H and O–H groups in total. The van der Waals surface area contributed by atoms with E-state index in [2.05, 4.69) is 10.3 Å². The van der Waals surface area contributed by atoms with Crippen LogP contribution in [0.25, 0.3) is 6.08 Å². The second-order valence-corrected chi connectivity index (χ2v) is 6.71. The van der Waals surface area contributed by atoms with Gasteiger partial charge >= 0.3 is 0 Å². The van der Waals surface area contributed by atoms with Crippen LogP contribution in [0.5, 0.6) is 11.5 Å². The van der Waals surface area contributed by atoms with Gasteiger partial charge in [0.1, 0.15) is 0 Å². The van der Waals surface area contributed by atoms with E-state index < -0.39 is 0 Å². The number of ether oxygens (including phenoxy) is 2. The van der Waals surface area contributed by atoms with E-state index in [9.17, 15) is 4.79 Å². The first kappa shape index (κ1) is 18.4. The normalized spacial score (nSPS) is 16.8. The molecule has 0 spiro atoms. The van der Waals surface area contributed by atoms with Crippen LogP contribution < -0.4 is 14.8 Å². The zero-order chi connectivity index (χ0) is 18.5. The Kier molecular flexibility index (Phi) is 5.85. The highest BCUT2D eigenvalue weighted by Crippen LogP contribution is 2.33. The van der Waals surface area contributed by atoms with Crippen molar-refractivity contribution in [3.63, 3.8) is 0 Å². The first-order valence-corrected chi connectivity index (χ1v) is 9.15. The fourth-order valence-electron chi connectivity index (χ4n) is 2.33. The van der Waals surface area contributed by atoms with E-state index in [4.69, 9.17) is 21.1 Å². The number of rotatable bonds is 5. The number of halogens is 1. The highest BCUT2D eigenvalue weighted by atomic mass is 35.5. The summed E-state index contributed by atoms with van der Waals surface area (Å²) in [5.41, 5.74) is 1.45. The van der Waals surface area contributed by atoms with Crippen LogP contribution in [-0.4, -0.2) is 24.8 Å². The number of amides is 1. The van der Waals surface area contributed by atoms with E-state index in [0.717, 1.165) is 5.56 Å². The molecule has 0 unspecified atom stereocenters. The molecule has 1 amide bonds. The van der Waals surface area contributed by atoms with Gasteiger partial charge in [-0.1, -0.05) is 29.8 Å². The SMILES string of the molecule is CCOc1ccc(C=C2SC(=Nc3ccccc3Cl)NC2=O)cc1OC. The lowest BCUT2D eigenvalue weighted by Crippen LogP contribution is -2.19. The summed E-state index contributed by atoms with van der Waals surface area (Å²) in [4.78, 5) is 17.2. The van der Waals surface area contributed by atoms with Crippen LogP contribution in [0.1, 0.15) is 12.5 Å². The van der Waals surface area contributed by atoms with Crippen molar-refractivity contribution in [2.75, 3.05) is 13.7 Å². The predicted molar refractivity (Wildman–Crippen MR) is 106 cm³/mol. The van der Waals surface area contributed by atoms with Crippen LogP contribution >= 0.6 is 23.4 Å². The molecule has 2 aromatic rings. The van der Waals surface area contributed by atoms with Crippen molar-refractivity contribution in [1.29, 1.82) is 0 Å². The molecule has 1 aliphatic heterocycles. The fourth-order valence-corrected chi connectivity index (χ4v) is 3.35. The molecule has 0 atom stereocenters. The Hall–Kier alpha value is -2.44. The lowest BCUT2D eigenvalue weighted by Gasteiger charge is -2.09. The number of para-hydroxylation sites is 1. The number of hydrogen-bond acceptors (Lipinski definition) is 5. The minimum Gasteiger partial charge on any atom is -0.493 e. The summed E-state index contributed by atoms with van der Waals surface area (Å²) in [5.74, 6) is 1.09. The van der Waals surface area contributed by atoms with Gasteiger partial charge in [0.2, 0.25) is 0 Å². The van der Waals surface area contributed by atoms with Crippen LogP contribution in [0.15, 0.2) is 52.4 Å². The molecular weight excluding hydrogens is 372 g/mol. The molecule has 1 fully saturated rings. The number of nitrogens with one attached hydrogen (secondary N) is 1. The molecule has 7 heteroatoms. The van der Waals surface area contributed by atoms with Crippen LogP contribution in [0, 0.1) is 0 Å². The number of aliphatic imine (C=N–C) groups is 1. The topological polar surface area (TPSA) is 59.9 Å². The molecule has 0 saturated carbocycles. The number of thioether (sulfide) groups is 1. The monoisotopic (exact) mass is 388 g/mol. The Morgan fingerprint density at radius 3 is 2.77 bits per heavy atom. The summed E-state index contributed by atoms with van der Waals surface area (Å²) in [6, 6.07) is 12.7. The molecule has 0 aliphatic carbocycles. The third kappa shape index (κ3) is 4.20. The smallest absolute Gasteiger partial charge is 0.264 e. The van der Waals surface area contributed by atoms with E-state index in [0.29, 0.717) is 38.9 Å². The standard InChI is InChI=1S/C19H17ClN2O3S/c1-3-25-15-9-8-12(10-16(15)24-2)11-17-18(23)22-19(26-17)21-14-7-5-4-6-13(14)20/h4-11H,3H2,1-2H3,(H,21,22,23). The molecule has 1 aliphatic rings. The van der Waals surface area contributed by atoms with Crippen molar-refractivity contribution in [2.45, 2.75) is 6.92 Å². The Bertz CT molecular complexity index is 896. The summed E-state index contributed by atoms with van der Waals surface area (Å²) in [6.07, 6.45) is 1.79. The molecular formula is C19H17ClN2O3S. The maximum Gasteiger partial charge on any atom is 0.264 e. The average Bonchev–Trinajstić information content (AvgIpc) is 2.97. The molecule has 2 aromatic carbocycles. The summed E-state index contributed by atoms with van der Waals surface area (Å²) >= 11 is 7.37. The van der Waals surface area contributed by atoms with Crippen molar-refractivity contribution < 1.29 is 14.3 Å². The summed E-state index contributed by atoms with van der Waals surface area (Å²) in [5, 5.41) is 3.78. The van der Waals surface area contributed by atoms with Gasteiger partial charge in [0.25, 0.3) is 5.91 Å². The number of carbonyl (C=O) groups excluding carboxylic acids is 1. The summed E-state index contributed by atoms with van der Waals surface area (Å²) in [6.45, 7) is 2.46. The molecule has 1 saturated heterocycles. The van der Waals surface area contributed by atoms with Crippen LogP contribution in [0.3, 0.4) is 0 Å². The van der Waals surface area contributed by atoms with E-state index >= 15 is 0 Å². The maximum absolute atomic E-state index is 12.2. The Morgan fingerprint density at radius 2 is 2.04 bits per heavy atom. The van der Waals surface area contributed by atoms with Crippen molar-refractivity contribution in [3.8, 4) is 11.5 Å². The minimum atomic E-state index is -0.200. The molecule has 0 aromatic heterocycles. The number of nitrogens with zero attached hydrogens (tertiary/aromatic N) is 1. The zero-order valence-corrected chi connectivity index (χ0v) is 15.9. The number of benzene rings is 2. The van der Waals surface area contributed by atoms with Gasteiger partial charge in [-0.3, -0.25) is 4.79 Å². The largest absolute Gasteiger partial charge is 0.493 e. The van der Waals surface area contributed by atoms with Gasteiger partial charge in [-0.25, -0.2) is 4.99 Å². The summed E-state index contributed by atoms with van der Waals surface area (Å²) in [7, 11) is 1.58. The van der Waals surface area contributed by atoms with Gasteiger partial charge in [-0.2, -0.15) is 0 Å². The highest BCUT2D eigenvalue weighted by Gasteiger charge is 2.24. The number of amidine groups is 1. The van der Waals surface area contributed by atoms with Crippen molar-refractivity contribution in [1.82, 2.24) is 5.32 Å². The molecule has 3 rings (SSSR count). The van der Waals surface area contributed by atoms with Gasteiger partial charge in [-0.15, -0.1) is 0 Å². The van der Waals surface area contributed by atoms with E-state index in [1.165, 1.54) is 11.8 Å². The van der Waals surface area contributed by atoms with E-state index in [-0.39, 0.29) is 5.91 Å². The van der Waals surface area contributed by atoms with Gasteiger partial charge in [0, 0.05) is 0 Å². The van der Waals surface area contributed by atoms with Gasteiger partial charge in [-0.05, 0) is 54.6 Å². The Labute approximate surface area is 161 Å². The zero-order valence-electron chi connectivity index (χ0n) is 14.3. The Morgan fingerprint density at radius 1 is 1.23 bits per heavy atom. The third-order valence-electron chi connectivity index (χ3n) is 3.51. The van der Waals surface area contributed by atoms with Crippen LogP contribution in [-0.2, 0) is 4.79 Å². The molecule has 26 heavy (non-hydrogen) atoms. The van der Waals surface area contributed by atoms with E-state index in [1.807, 2.05) is 37.3 Å². The van der Waals surface area contributed by atoms with Gasteiger partial charge < -0.3 is 14.8 Å². The first-order valence-electron chi connectivity index (χ1n) is 7.95. The predicted octanol–water partition coefficient (Wildman–Crippen LogP) is 4.64. The third-order valence-corrected chi connectivity index (χ3v) is 4.74. The number of hydrogen-bond donors (Lipinski definition) is 1. The van der Waals surface area contributed by atoms with Gasteiger partial charge in [0.05, 0.1) is 29.3 Å². The fraction of sp³-hybridized carbons (Fsp3) is 0.158. The van der Waals surface area contributed by atoms with Crippen LogP contribution in [0.2, 0.25) is 5.02 Å². The lowest BCUT2D eigenvalue weighted by molar-refractivity contribution is -0.115. The number of carbonyl (C=O) groups is 1. The average molecular weight is 389 g/mol. The molecule has 5 nitrogen and oxygen atoms in total. The highest BCUT2D eigenvalue weighted by molar-refractivity contribution is 8.18. The quantitative estimate of drug-likeness (QED) is 0.758. The molecule has 1 heterocycles. The van der Waals surface area contributed by atoms with Crippen molar-refractivity contribution in [3.05, 3.63) is 58.0 Å². The number of methoxy groups -OCH3 is 1. The van der Waals surface area contributed by atoms with Crippen LogP contribution in [0.4, 0.5) is 5.69 Å². The van der Waals surface area contributed by atoms with E-state index in [1.54, 1.807) is 25.3 Å². The molecule has 0 radical (unpaired) electrons. The second-order valence-electron chi connectivity index (χ2n) is 5.28.